The second-order valence-electron chi connectivity index (χ2n) is 7.77. The molecule has 2 aliphatic rings. The van der Waals surface area contributed by atoms with Crippen LogP contribution in [-0.2, 0) is 9.53 Å². The number of fused-ring (bicyclic) bond motifs is 1. The maximum atomic E-state index is 13.0. The van der Waals surface area contributed by atoms with E-state index < -0.39 is 0 Å². The molecule has 2 aromatic rings. The van der Waals surface area contributed by atoms with Gasteiger partial charge in [-0.15, -0.1) is 0 Å². The Morgan fingerprint density at radius 2 is 2.03 bits per heavy atom. The van der Waals surface area contributed by atoms with Crippen LogP contribution < -0.4 is 0 Å². The lowest BCUT2D eigenvalue weighted by Crippen LogP contribution is -2.47. The molecule has 29 heavy (non-hydrogen) atoms. The third-order valence-corrected chi connectivity index (χ3v) is 5.91. The number of carbonyl (C=O) groups excluding carboxylic acids is 2. The second-order valence-corrected chi connectivity index (χ2v) is 7.77. The number of rotatable bonds is 5. The zero-order valence-corrected chi connectivity index (χ0v) is 16.9. The first-order chi connectivity index (χ1) is 14.1. The summed E-state index contributed by atoms with van der Waals surface area (Å²) in [6, 6.07) is 9.56. The summed E-state index contributed by atoms with van der Waals surface area (Å²) in [5, 5.41) is 0.963. The van der Waals surface area contributed by atoms with Crippen LogP contribution >= 0.6 is 0 Å². The SMILES string of the molecule is CC(=O)N(CCN1CCOCC1)[C@H]1CCN(C(=O)c2ccc3ncccc3c2)C1. The highest BCUT2D eigenvalue weighted by molar-refractivity contribution is 5.98. The fraction of sp³-hybridized carbons (Fsp3) is 0.500. The summed E-state index contributed by atoms with van der Waals surface area (Å²) in [4.78, 5) is 35.7. The van der Waals surface area contributed by atoms with Crippen molar-refractivity contribution >= 4 is 22.7 Å². The molecule has 2 aliphatic heterocycles. The number of hydrogen-bond donors (Lipinski definition) is 0. The minimum absolute atomic E-state index is 0.0231. The number of likely N-dealkylation sites (tertiary alicyclic amines) is 1. The third-order valence-electron chi connectivity index (χ3n) is 5.91. The largest absolute Gasteiger partial charge is 0.379 e. The normalized spacial score (nSPS) is 20.2. The third kappa shape index (κ3) is 4.57. The van der Waals surface area contributed by atoms with E-state index in [1.54, 1.807) is 13.1 Å². The summed E-state index contributed by atoms with van der Waals surface area (Å²) in [5.41, 5.74) is 1.56. The zero-order valence-electron chi connectivity index (χ0n) is 16.9. The minimum Gasteiger partial charge on any atom is -0.379 e. The molecule has 0 saturated carbocycles. The molecule has 4 rings (SSSR count). The van der Waals surface area contributed by atoms with E-state index in [1.165, 1.54) is 0 Å². The van der Waals surface area contributed by atoms with Crippen LogP contribution in [0.3, 0.4) is 0 Å². The van der Waals surface area contributed by atoms with Crippen molar-refractivity contribution in [2.24, 2.45) is 0 Å². The molecule has 7 nitrogen and oxygen atoms in total. The molecule has 0 radical (unpaired) electrons. The first-order valence-corrected chi connectivity index (χ1v) is 10.3. The zero-order chi connectivity index (χ0) is 20.2. The molecule has 2 fully saturated rings. The van der Waals surface area contributed by atoms with Crippen LogP contribution in [0.15, 0.2) is 36.5 Å². The molecule has 1 atom stereocenters. The monoisotopic (exact) mass is 396 g/mol. The van der Waals surface area contributed by atoms with Gasteiger partial charge < -0.3 is 14.5 Å². The number of carbonyl (C=O) groups is 2. The van der Waals surface area contributed by atoms with Crippen LogP contribution in [0.1, 0.15) is 23.7 Å². The van der Waals surface area contributed by atoms with Crippen LogP contribution in [0.4, 0.5) is 0 Å². The Morgan fingerprint density at radius 3 is 2.83 bits per heavy atom. The maximum absolute atomic E-state index is 13.0. The van der Waals surface area contributed by atoms with Crippen molar-refractivity contribution in [3.05, 3.63) is 42.1 Å². The molecule has 0 N–H and O–H groups in total. The van der Waals surface area contributed by atoms with Gasteiger partial charge >= 0.3 is 0 Å². The van der Waals surface area contributed by atoms with Gasteiger partial charge in [0, 0.05) is 63.3 Å². The van der Waals surface area contributed by atoms with Crippen LogP contribution in [0, 0.1) is 0 Å². The Morgan fingerprint density at radius 1 is 1.21 bits per heavy atom. The first-order valence-electron chi connectivity index (χ1n) is 10.3. The van der Waals surface area contributed by atoms with Crippen molar-refractivity contribution in [2.45, 2.75) is 19.4 Å². The van der Waals surface area contributed by atoms with Crippen molar-refractivity contribution in [1.29, 1.82) is 0 Å². The Labute approximate surface area is 171 Å². The van der Waals surface area contributed by atoms with Gasteiger partial charge in [-0.1, -0.05) is 6.07 Å². The molecular weight excluding hydrogens is 368 g/mol. The van der Waals surface area contributed by atoms with E-state index in [1.807, 2.05) is 40.1 Å². The lowest BCUT2D eigenvalue weighted by Gasteiger charge is -2.32. The number of benzene rings is 1. The summed E-state index contributed by atoms with van der Waals surface area (Å²) in [5.74, 6) is 0.101. The molecule has 0 bridgehead atoms. The lowest BCUT2D eigenvalue weighted by atomic mass is 10.1. The molecule has 0 spiro atoms. The molecule has 1 aromatic heterocycles. The van der Waals surface area contributed by atoms with E-state index in [4.69, 9.17) is 4.74 Å². The Hall–Kier alpha value is -2.51. The lowest BCUT2D eigenvalue weighted by molar-refractivity contribution is -0.131. The number of ether oxygens (including phenoxy) is 1. The van der Waals surface area contributed by atoms with Crippen molar-refractivity contribution in [3.8, 4) is 0 Å². The van der Waals surface area contributed by atoms with E-state index in [0.717, 1.165) is 50.2 Å². The summed E-state index contributed by atoms with van der Waals surface area (Å²) in [7, 11) is 0. The average Bonchev–Trinajstić information content (AvgIpc) is 3.23. The quantitative estimate of drug-likeness (QED) is 0.769. The topological polar surface area (TPSA) is 66.0 Å². The average molecular weight is 396 g/mol. The Bertz CT molecular complexity index is 881. The van der Waals surface area contributed by atoms with Gasteiger partial charge in [-0.2, -0.15) is 0 Å². The Kier molecular flexibility index (Phi) is 6.06. The van der Waals surface area contributed by atoms with Gasteiger partial charge in [-0.25, -0.2) is 0 Å². The van der Waals surface area contributed by atoms with E-state index in [0.29, 0.717) is 25.2 Å². The van der Waals surface area contributed by atoms with Crippen LogP contribution in [0.25, 0.3) is 10.9 Å². The van der Waals surface area contributed by atoms with Gasteiger partial charge in [0.25, 0.3) is 5.91 Å². The molecule has 2 saturated heterocycles. The summed E-state index contributed by atoms with van der Waals surface area (Å²) in [6.07, 6.45) is 2.58. The molecule has 7 heteroatoms. The number of nitrogens with zero attached hydrogens (tertiary/aromatic N) is 4. The van der Waals surface area contributed by atoms with Crippen molar-refractivity contribution < 1.29 is 14.3 Å². The van der Waals surface area contributed by atoms with Crippen LogP contribution in [-0.4, -0.2) is 90.0 Å². The van der Waals surface area contributed by atoms with Crippen molar-refractivity contribution in [1.82, 2.24) is 19.7 Å². The van der Waals surface area contributed by atoms with Crippen molar-refractivity contribution in [2.75, 3.05) is 52.5 Å². The molecule has 3 heterocycles. The highest BCUT2D eigenvalue weighted by atomic mass is 16.5. The first kappa shape index (κ1) is 19.8. The number of hydrogen-bond acceptors (Lipinski definition) is 5. The maximum Gasteiger partial charge on any atom is 0.253 e. The number of amides is 2. The van der Waals surface area contributed by atoms with Gasteiger partial charge in [0.2, 0.25) is 5.91 Å². The fourth-order valence-corrected chi connectivity index (χ4v) is 4.24. The minimum atomic E-state index is 0.0231. The van der Waals surface area contributed by atoms with Crippen LogP contribution in [0.5, 0.6) is 0 Å². The predicted octanol–water partition coefficient (Wildman–Crippen LogP) is 1.63. The van der Waals surface area contributed by atoms with Gasteiger partial charge in [0.1, 0.15) is 0 Å². The molecule has 0 unspecified atom stereocenters. The predicted molar refractivity (Wildman–Crippen MR) is 111 cm³/mol. The number of pyridine rings is 1. The highest BCUT2D eigenvalue weighted by Gasteiger charge is 2.32. The van der Waals surface area contributed by atoms with E-state index in [9.17, 15) is 9.59 Å². The second kappa shape index (κ2) is 8.88. The smallest absolute Gasteiger partial charge is 0.253 e. The van der Waals surface area contributed by atoms with Gasteiger partial charge in [-0.3, -0.25) is 19.5 Å². The van der Waals surface area contributed by atoms with E-state index in [-0.39, 0.29) is 17.9 Å². The number of morpholine rings is 1. The summed E-state index contributed by atoms with van der Waals surface area (Å²) in [6.45, 7) is 7.78. The standard InChI is InChI=1S/C22H28N4O3/c1-17(27)26(10-9-24-11-13-29-14-12-24)20-6-8-25(16-20)22(28)19-4-5-21-18(15-19)3-2-7-23-21/h2-5,7,15,20H,6,8-14,16H2,1H3/t20-/m0/s1. The molecule has 1 aromatic carbocycles. The van der Waals surface area contributed by atoms with Gasteiger partial charge in [-0.05, 0) is 30.7 Å². The summed E-state index contributed by atoms with van der Waals surface area (Å²) >= 11 is 0. The highest BCUT2D eigenvalue weighted by Crippen LogP contribution is 2.21. The van der Waals surface area contributed by atoms with Crippen molar-refractivity contribution in [3.63, 3.8) is 0 Å². The van der Waals surface area contributed by atoms with Gasteiger partial charge in [0.15, 0.2) is 0 Å². The number of aromatic nitrogens is 1. The van der Waals surface area contributed by atoms with E-state index in [2.05, 4.69) is 9.88 Å². The van der Waals surface area contributed by atoms with E-state index >= 15 is 0 Å². The molecule has 2 amide bonds. The Balaban J connectivity index is 1.39. The summed E-state index contributed by atoms with van der Waals surface area (Å²) < 4.78 is 5.39. The molecule has 154 valence electrons. The molecule has 0 aliphatic carbocycles. The fourth-order valence-electron chi connectivity index (χ4n) is 4.24. The van der Waals surface area contributed by atoms with Crippen LogP contribution in [0.2, 0.25) is 0 Å². The van der Waals surface area contributed by atoms with Gasteiger partial charge in [0.05, 0.1) is 24.8 Å². The molecular formula is C22H28N4O3.